The average Bonchev–Trinajstić information content (AvgIpc) is 3.90. The molecule has 4 atom stereocenters. The van der Waals surface area contributed by atoms with Crippen molar-refractivity contribution in [3.63, 3.8) is 0 Å². The number of anilines is 4. The van der Waals surface area contributed by atoms with Crippen molar-refractivity contribution in [1.29, 1.82) is 0 Å². The third kappa shape index (κ3) is 7.61. The molecule has 0 bridgehead atoms. The zero-order valence-corrected chi connectivity index (χ0v) is 28.2. The molecule has 20 heteroatoms. The van der Waals surface area contributed by atoms with Crippen LogP contribution < -0.4 is 21.3 Å². The van der Waals surface area contributed by atoms with Gasteiger partial charge < -0.3 is 41.3 Å². The zero-order chi connectivity index (χ0) is 37.8. The minimum absolute atomic E-state index is 0.0333. The molecule has 1 saturated heterocycles. The van der Waals surface area contributed by atoms with E-state index in [4.69, 9.17) is 4.74 Å². The molecule has 4 heterocycles. The summed E-state index contributed by atoms with van der Waals surface area (Å²) in [6, 6.07) is 16.9. The molecule has 0 radical (unpaired) electrons. The maximum atomic E-state index is 12.8. The Morgan fingerprint density at radius 2 is 1.54 bits per heavy atom. The number of nitrogens with zero attached hydrogens (tertiary/aromatic N) is 7. The molecular weight excluding hydrogens is 706 g/mol. The van der Waals surface area contributed by atoms with Crippen molar-refractivity contribution in [3.05, 3.63) is 94.6 Å². The number of aromatic nitrogens is 6. The van der Waals surface area contributed by atoms with E-state index in [1.54, 1.807) is 48.5 Å². The van der Waals surface area contributed by atoms with Gasteiger partial charge in [-0.3, -0.25) is 24.3 Å². The highest BCUT2D eigenvalue weighted by atomic mass is 16.6. The first-order valence-electron chi connectivity index (χ1n) is 16.6. The molecule has 1 fully saturated rings. The number of benzene rings is 3. The monoisotopic (exact) mass is 739 g/mol. The Kier molecular flexibility index (Phi) is 10.3. The molecule has 1 aliphatic heterocycles. The fourth-order valence-electron chi connectivity index (χ4n) is 5.97. The highest BCUT2D eigenvalue weighted by molar-refractivity contribution is 5.94. The SMILES string of the molecule is O=C(Cc1ccc(NC(=O)Cc2ccc(Nc3ncnc4c3ncn4[C@@H]3O[C@H](CO)[C@@H](O)[C@H]3O)cc2)cc1)NCCNc1ccc([N+](=O)[O-])c2nonc12. The lowest BCUT2D eigenvalue weighted by Crippen LogP contribution is -2.33. The van der Waals surface area contributed by atoms with Gasteiger partial charge in [-0.1, -0.05) is 24.3 Å². The Labute approximate surface area is 304 Å². The minimum atomic E-state index is -1.29. The van der Waals surface area contributed by atoms with Gasteiger partial charge >= 0.3 is 5.69 Å². The minimum Gasteiger partial charge on any atom is -0.394 e. The Morgan fingerprint density at radius 3 is 2.24 bits per heavy atom. The van der Waals surface area contributed by atoms with Gasteiger partial charge in [-0.15, -0.1) is 0 Å². The van der Waals surface area contributed by atoms with Gasteiger partial charge in [0.2, 0.25) is 17.3 Å². The van der Waals surface area contributed by atoms with E-state index in [1.807, 2.05) is 0 Å². The summed E-state index contributed by atoms with van der Waals surface area (Å²) in [5.41, 5.74) is 4.04. The number of carbonyl (C=O) groups excluding carboxylic acids is 2. The molecule has 20 nitrogen and oxygen atoms in total. The van der Waals surface area contributed by atoms with Crippen LogP contribution in [-0.2, 0) is 27.2 Å². The van der Waals surface area contributed by atoms with Gasteiger partial charge in [0.1, 0.15) is 24.6 Å². The highest BCUT2D eigenvalue weighted by Crippen LogP contribution is 2.33. The predicted molar refractivity (Wildman–Crippen MR) is 190 cm³/mol. The van der Waals surface area contributed by atoms with Crippen molar-refractivity contribution >= 4 is 62.6 Å². The van der Waals surface area contributed by atoms with Gasteiger partial charge in [0, 0.05) is 30.5 Å². The number of aliphatic hydroxyl groups is 3. The van der Waals surface area contributed by atoms with Crippen LogP contribution in [0.5, 0.6) is 0 Å². The summed E-state index contributed by atoms with van der Waals surface area (Å²) in [5.74, 6) is -0.0486. The maximum Gasteiger partial charge on any atom is 0.300 e. The molecular formula is C34H33N11O9. The number of amides is 2. The Morgan fingerprint density at radius 1 is 0.833 bits per heavy atom. The Hall–Kier alpha value is -6.61. The lowest BCUT2D eigenvalue weighted by Gasteiger charge is -2.16. The number of nitrogens with one attached hydrogen (secondary N) is 4. The third-order valence-corrected chi connectivity index (χ3v) is 8.69. The van der Waals surface area contributed by atoms with E-state index in [2.05, 4.69) is 51.2 Å². The molecule has 0 saturated carbocycles. The lowest BCUT2D eigenvalue weighted by atomic mass is 10.1. The standard InChI is InChI=1S/C34H33N11O9/c46-15-24-30(49)31(50)34(53-24)44-17-39-29-32(37-16-38-33(29)44)41-21-7-3-19(4-8-21)14-26(48)40-20-5-1-18(2-6-20)13-25(47)36-12-11-35-22-9-10-23(45(51)52)28-27(22)42-54-43-28/h1-10,16-17,24,30-31,34-35,46,49-50H,11-15H2,(H,36,47)(H,40,48)(H,37,38,41)/t24-,30-,31-,34-/m1/s1. The van der Waals surface area contributed by atoms with E-state index < -0.39 is 36.1 Å². The number of hydrogen-bond acceptors (Lipinski definition) is 16. The normalized spacial score (nSPS) is 18.1. The number of fused-ring (bicyclic) bond motifs is 2. The Balaban J connectivity index is 0.863. The number of nitro groups is 1. The molecule has 54 heavy (non-hydrogen) atoms. The summed E-state index contributed by atoms with van der Waals surface area (Å²) in [7, 11) is 0. The van der Waals surface area contributed by atoms with Crippen LogP contribution in [0.3, 0.4) is 0 Å². The number of imidazole rings is 1. The van der Waals surface area contributed by atoms with E-state index in [9.17, 15) is 35.0 Å². The van der Waals surface area contributed by atoms with Crippen molar-refractivity contribution in [2.24, 2.45) is 0 Å². The number of rotatable bonds is 14. The second-order valence-electron chi connectivity index (χ2n) is 12.3. The molecule has 3 aromatic heterocycles. The van der Waals surface area contributed by atoms with Gasteiger partial charge in [0.25, 0.3) is 0 Å². The number of non-ortho nitro benzene ring substituents is 1. The first kappa shape index (κ1) is 35.8. The number of nitro benzene ring substituents is 1. The molecule has 0 aliphatic carbocycles. The molecule has 1 aliphatic rings. The van der Waals surface area contributed by atoms with Gasteiger partial charge in [0.05, 0.1) is 36.4 Å². The van der Waals surface area contributed by atoms with Crippen LogP contribution in [0.1, 0.15) is 17.4 Å². The van der Waals surface area contributed by atoms with Crippen LogP contribution in [-0.4, -0.2) is 99.9 Å². The van der Waals surface area contributed by atoms with Crippen LogP contribution in [0.15, 0.2) is 77.9 Å². The fraction of sp³-hybridized carbons (Fsp3) is 0.265. The number of carbonyl (C=O) groups is 2. The number of hydrogen-bond donors (Lipinski definition) is 7. The molecule has 0 unspecified atom stereocenters. The molecule has 0 spiro atoms. The van der Waals surface area contributed by atoms with E-state index in [0.717, 1.165) is 11.1 Å². The lowest BCUT2D eigenvalue weighted by molar-refractivity contribution is -0.383. The van der Waals surface area contributed by atoms with E-state index in [1.165, 1.54) is 29.4 Å². The molecule has 2 amide bonds. The first-order valence-corrected chi connectivity index (χ1v) is 16.6. The van der Waals surface area contributed by atoms with Crippen LogP contribution >= 0.6 is 0 Å². The van der Waals surface area contributed by atoms with Crippen molar-refractivity contribution in [2.45, 2.75) is 37.4 Å². The second kappa shape index (κ2) is 15.6. The summed E-state index contributed by atoms with van der Waals surface area (Å²) in [6.45, 7) is 0.157. The van der Waals surface area contributed by atoms with Crippen molar-refractivity contribution in [2.75, 3.05) is 35.6 Å². The summed E-state index contributed by atoms with van der Waals surface area (Å²) < 4.78 is 11.7. The highest BCUT2D eigenvalue weighted by Gasteiger charge is 2.44. The van der Waals surface area contributed by atoms with Crippen molar-refractivity contribution in [1.82, 2.24) is 35.1 Å². The topological polar surface area (TPSA) is 278 Å². The van der Waals surface area contributed by atoms with Gasteiger partial charge in [-0.2, -0.15) is 0 Å². The van der Waals surface area contributed by atoms with Crippen LogP contribution in [0, 0.1) is 10.1 Å². The average molecular weight is 740 g/mol. The summed E-state index contributed by atoms with van der Waals surface area (Å²) in [4.78, 5) is 48.8. The second-order valence-corrected chi connectivity index (χ2v) is 12.3. The van der Waals surface area contributed by atoms with Crippen molar-refractivity contribution < 1.29 is 39.2 Å². The largest absolute Gasteiger partial charge is 0.394 e. The molecule has 7 rings (SSSR count). The van der Waals surface area contributed by atoms with E-state index in [-0.39, 0.29) is 47.9 Å². The first-order chi connectivity index (χ1) is 26.2. The maximum absolute atomic E-state index is 12.8. The summed E-state index contributed by atoms with van der Waals surface area (Å²) in [5, 5.41) is 60.4. The molecule has 6 aromatic rings. The third-order valence-electron chi connectivity index (χ3n) is 8.69. The molecule has 7 N–H and O–H groups in total. The predicted octanol–water partition coefficient (Wildman–Crippen LogP) is 1.58. The molecule has 278 valence electrons. The summed E-state index contributed by atoms with van der Waals surface area (Å²) >= 11 is 0. The molecule has 3 aromatic carbocycles. The number of aliphatic hydroxyl groups excluding tert-OH is 3. The van der Waals surface area contributed by atoms with Gasteiger partial charge in [-0.25, -0.2) is 19.6 Å². The van der Waals surface area contributed by atoms with Crippen LogP contribution in [0.2, 0.25) is 0 Å². The van der Waals surface area contributed by atoms with E-state index in [0.29, 0.717) is 40.6 Å². The zero-order valence-electron chi connectivity index (χ0n) is 28.2. The Bertz CT molecular complexity index is 2300. The quantitative estimate of drug-likeness (QED) is 0.0474. The van der Waals surface area contributed by atoms with E-state index >= 15 is 0 Å². The van der Waals surface area contributed by atoms with Gasteiger partial charge in [0.15, 0.2) is 28.7 Å². The number of ether oxygens (including phenoxy) is 1. The smallest absolute Gasteiger partial charge is 0.300 e. The van der Waals surface area contributed by atoms with Crippen molar-refractivity contribution in [3.8, 4) is 0 Å². The summed E-state index contributed by atoms with van der Waals surface area (Å²) in [6.07, 6.45) is -1.51. The van der Waals surface area contributed by atoms with Crippen LogP contribution in [0.4, 0.5) is 28.6 Å². The fourth-order valence-corrected chi connectivity index (χ4v) is 5.97. The van der Waals surface area contributed by atoms with Crippen LogP contribution in [0.25, 0.3) is 22.2 Å². The van der Waals surface area contributed by atoms with Gasteiger partial charge in [-0.05, 0) is 51.8 Å².